The van der Waals surface area contributed by atoms with Crippen LogP contribution >= 0.6 is 0 Å². The van der Waals surface area contributed by atoms with Crippen LogP contribution in [0.3, 0.4) is 0 Å². The maximum Gasteiger partial charge on any atom is 0.236 e. The molecule has 4 heteroatoms. The SMILES string of the molecule is CC(CC#N)N(C)CC(=O)N1CCCCCC1. The summed E-state index contributed by atoms with van der Waals surface area (Å²) in [6, 6.07) is 2.29. The zero-order valence-corrected chi connectivity index (χ0v) is 11.0. The molecule has 0 saturated carbocycles. The number of carbonyl (C=O) groups is 1. The second-order valence-electron chi connectivity index (χ2n) is 4.92. The highest BCUT2D eigenvalue weighted by Gasteiger charge is 2.19. The molecule has 0 N–H and O–H groups in total. The topological polar surface area (TPSA) is 47.3 Å². The lowest BCUT2D eigenvalue weighted by Crippen LogP contribution is -2.42. The van der Waals surface area contributed by atoms with Crippen molar-refractivity contribution in [3.63, 3.8) is 0 Å². The molecule has 1 saturated heterocycles. The summed E-state index contributed by atoms with van der Waals surface area (Å²) >= 11 is 0. The summed E-state index contributed by atoms with van der Waals surface area (Å²) in [7, 11) is 1.91. The largest absolute Gasteiger partial charge is 0.342 e. The molecule has 4 nitrogen and oxygen atoms in total. The van der Waals surface area contributed by atoms with Crippen LogP contribution in [0.4, 0.5) is 0 Å². The Kier molecular flexibility index (Phi) is 5.99. The minimum absolute atomic E-state index is 0.149. The van der Waals surface area contributed by atoms with Gasteiger partial charge in [-0.25, -0.2) is 0 Å². The average molecular weight is 237 g/mol. The molecule has 1 aliphatic heterocycles. The standard InChI is InChI=1S/C13H23N3O/c1-12(7-8-14)15(2)11-13(17)16-9-5-3-4-6-10-16/h12H,3-7,9-11H2,1-2H3. The van der Waals surface area contributed by atoms with E-state index in [0.717, 1.165) is 25.9 Å². The van der Waals surface area contributed by atoms with E-state index in [1.807, 2.05) is 23.8 Å². The van der Waals surface area contributed by atoms with Gasteiger partial charge in [0, 0.05) is 19.1 Å². The molecule has 1 atom stereocenters. The first-order chi connectivity index (χ1) is 8.15. The van der Waals surface area contributed by atoms with Crippen molar-refractivity contribution >= 4 is 5.91 Å². The quantitative estimate of drug-likeness (QED) is 0.746. The number of rotatable bonds is 4. The normalized spacial score (nSPS) is 18.6. The van der Waals surface area contributed by atoms with Crippen LogP contribution in [0, 0.1) is 11.3 Å². The van der Waals surface area contributed by atoms with E-state index in [9.17, 15) is 4.79 Å². The Morgan fingerprint density at radius 2 is 1.94 bits per heavy atom. The Bertz CT molecular complexity index is 277. The van der Waals surface area contributed by atoms with Crippen molar-refractivity contribution < 1.29 is 4.79 Å². The number of amides is 1. The number of nitrogens with zero attached hydrogens (tertiary/aromatic N) is 3. The summed E-state index contributed by atoms with van der Waals surface area (Å²) in [6.45, 7) is 4.22. The van der Waals surface area contributed by atoms with E-state index in [4.69, 9.17) is 5.26 Å². The van der Waals surface area contributed by atoms with E-state index in [-0.39, 0.29) is 11.9 Å². The Morgan fingerprint density at radius 3 is 2.47 bits per heavy atom. The number of nitriles is 1. The van der Waals surface area contributed by atoms with Gasteiger partial charge in [-0.3, -0.25) is 9.69 Å². The third-order valence-electron chi connectivity index (χ3n) is 3.48. The van der Waals surface area contributed by atoms with Crippen LogP contribution in [-0.2, 0) is 4.79 Å². The second-order valence-corrected chi connectivity index (χ2v) is 4.92. The van der Waals surface area contributed by atoms with Crippen LogP contribution in [0.15, 0.2) is 0 Å². The maximum absolute atomic E-state index is 12.1. The summed E-state index contributed by atoms with van der Waals surface area (Å²) < 4.78 is 0. The molecule has 1 heterocycles. The lowest BCUT2D eigenvalue weighted by atomic mass is 10.2. The van der Waals surface area contributed by atoms with Crippen molar-refractivity contribution in [1.82, 2.24) is 9.80 Å². The average Bonchev–Trinajstić information content (AvgIpc) is 2.57. The predicted octanol–water partition coefficient (Wildman–Crippen LogP) is 1.62. The van der Waals surface area contributed by atoms with Gasteiger partial charge in [-0.15, -0.1) is 0 Å². The van der Waals surface area contributed by atoms with E-state index in [2.05, 4.69) is 6.07 Å². The molecular formula is C13H23N3O. The highest BCUT2D eigenvalue weighted by molar-refractivity contribution is 5.78. The predicted molar refractivity (Wildman–Crippen MR) is 67.4 cm³/mol. The first-order valence-corrected chi connectivity index (χ1v) is 6.50. The van der Waals surface area contributed by atoms with Crippen molar-refractivity contribution in [2.75, 3.05) is 26.7 Å². The van der Waals surface area contributed by atoms with E-state index in [1.165, 1.54) is 12.8 Å². The number of carbonyl (C=O) groups excluding carboxylic acids is 1. The van der Waals surface area contributed by atoms with Gasteiger partial charge >= 0.3 is 0 Å². The molecule has 0 bridgehead atoms. The van der Waals surface area contributed by atoms with Gasteiger partial charge in [-0.2, -0.15) is 5.26 Å². The Balaban J connectivity index is 2.39. The highest BCUT2D eigenvalue weighted by atomic mass is 16.2. The van der Waals surface area contributed by atoms with Crippen LogP contribution in [0.2, 0.25) is 0 Å². The van der Waals surface area contributed by atoms with Crippen LogP contribution in [0.25, 0.3) is 0 Å². The van der Waals surface area contributed by atoms with Crippen LogP contribution < -0.4 is 0 Å². The van der Waals surface area contributed by atoms with E-state index in [0.29, 0.717) is 13.0 Å². The Hall–Kier alpha value is -1.08. The fourth-order valence-corrected chi connectivity index (χ4v) is 2.08. The number of hydrogen-bond donors (Lipinski definition) is 0. The third-order valence-corrected chi connectivity index (χ3v) is 3.48. The van der Waals surface area contributed by atoms with Crippen molar-refractivity contribution in [3.8, 4) is 6.07 Å². The fourth-order valence-electron chi connectivity index (χ4n) is 2.08. The van der Waals surface area contributed by atoms with Gasteiger partial charge in [0.25, 0.3) is 0 Å². The molecule has 17 heavy (non-hydrogen) atoms. The third kappa shape index (κ3) is 4.74. The summed E-state index contributed by atoms with van der Waals surface area (Å²) in [6.07, 6.45) is 5.21. The molecule has 0 aromatic heterocycles. The minimum Gasteiger partial charge on any atom is -0.342 e. The molecule has 96 valence electrons. The lowest BCUT2D eigenvalue weighted by Gasteiger charge is -2.26. The Morgan fingerprint density at radius 1 is 1.35 bits per heavy atom. The molecular weight excluding hydrogens is 214 g/mol. The zero-order chi connectivity index (χ0) is 12.7. The molecule has 0 aliphatic carbocycles. The molecule has 1 unspecified atom stereocenters. The van der Waals surface area contributed by atoms with Gasteiger partial charge in [0.1, 0.15) is 0 Å². The number of hydrogen-bond acceptors (Lipinski definition) is 3. The van der Waals surface area contributed by atoms with Gasteiger partial charge in [-0.1, -0.05) is 12.8 Å². The smallest absolute Gasteiger partial charge is 0.236 e. The number of likely N-dealkylation sites (N-methyl/N-ethyl adjacent to an activating group) is 1. The molecule has 0 radical (unpaired) electrons. The summed E-state index contributed by atoms with van der Waals surface area (Å²) in [5.74, 6) is 0.208. The van der Waals surface area contributed by atoms with Gasteiger partial charge in [0.2, 0.25) is 5.91 Å². The monoisotopic (exact) mass is 237 g/mol. The highest BCUT2D eigenvalue weighted by Crippen LogP contribution is 2.10. The fraction of sp³-hybridized carbons (Fsp3) is 0.846. The van der Waals surface area contributed by atoms with E-state index in [1.54, 1.807) is 0 Å². The van der Waals surface area contributed by atoms with Crippen LogP contribution in [-0.4, -0.2) is 48.4 Å². The molecule has 1 amide bonds. The van der Waals surface area contributed by atoms with Crippen LogP contribution in [0.5, 0.6) is 0 Å². The van der Waals surface area contributed by atoms with E-state index < -0.39 is 0 Å². The van der Waals surface area contributed by atoms with Gasteiger partial charge in [0.15, 0.2) is 0 Å². The molecule has 0 aromatic carbocycles. The molecule has 1 rings (SSSR count). The van der Waals surface area contributed by atoms with Crippen molar-refractivity contribution in [1.29, 1.82) is 5.26 Å². The van der Waals surface area contributed by atoms with Gasteiger partial charge < -0.3 is 4.90 Å². The second kappa shape index (κ2) is 7.29. The Labute approximate surface area is 104 Å². The van der Waals surface area contributed by atoms with Crippen molar-refractivity contribution in [2.24, 2.45) is 0 Å². The minimum atomic E-state index is 0.149. The molecule has 1 fully saturated rings. The van der Waals surface area contributed by atoms with E-state index >= 15 is 0 Å². The zero-order valence-electron chi connectivity index (χ0n) is 11.0. The molecule has 0 aromatic rings. The summed E-state index contributed by atoms with van der Waals surface area (Å²) in [5.41, 5.74) is 0. The van der Waals surface area contributed by atoms with Crippen molar-refractivity contribution in [3.05, 3.63) is 0 Å². The van der Waals surface area contributed by atoms with Crippen molar-refractivity contribution in [2.45, 2.75) is 45.1 Å². The van der Waals surface area contributed by atoms with Gasteiger partial charge in [0.05, 0.1) is 19.0 Å². The number of likely N-dealkylation sites (tertiary alicyclic amines) is 1. The molecule has 0 spiro atoms. The summed E-state index contributed by atoms with van der Waals surface area (Å²) in [4.78, 5) is 16.0. The maximum atomic E-state index is 12.1. The first kappa shape index (κ1) is 14.0. The lowest BCUT2D eigenvalue weighted by molar-refractivity contribution is -0.132. The summed E-state index contributed by atoms with van der Waals surface area (Å²) in [5, 5.41) is 8.63. The van der Waals surface area contributed by atoms with Crippen LogP contribution in [0.1, 0.15) is 39.0 Å². The first-order valence-electron chi connectivity index (χ1n) is 6.50. The molecule has 1 aliphatic rings. The van der Waals surface area contributed by atoms with Gasteiger partial charge in [-0.05, 0) is 26.8 Å².